The molecule has 1 saturated heterocycles. The molecule has 2 aromatic rings. The topological polar surface area (TPSA) is 66.9 Å². The van der Waals surface area contributed by atoms with Crippen LogP contribution >= 0.6 is 0 Å². The first kappa shape index (κ1) is 18.9. The number of sulfonamides is 1. The average Bonchev–Trinajstić information content (AvgIpc) is 3.17. The Hall–Kier alpha value is -2.45. The molecule has 0 unspecified atom stereocenters. The first-order valence-electron chi connectivity index (χ1n) is 9.21. The highest BCUT2D eigenvalue weighted by Crippen LogP contribution is 2.40. The van der Waals surface area contributed by atoms with E-state index in [1.54, 1.807) is 24.3 Å². The number of halogens is 1. The van der Waals surface area contributed by atoms with E-state index < -0.39 is 21.9 Å². The number of rotatable bonds is 3. The van der Waals surface area contributed by atoms with Crippen LogP contribution in [0.2, 0.25) is 0 Å². The number of hydrogen-bond donors (Lipinski definition) is 0. The summed E-state index contributed by atoms with van der Waals surface area (Å²) >= 11 is 0. The smallest absolute Gasteiger partial charge is 0.243 e. The van der Waals surface area contributed by atoms with E-state index in [4.69, 9.17) is 4.74 Å². The van der Waals surface area contributed by atoms with Crippen LogP contribution in [0.15, 0.2) is 47.4 Å². The number of benzene rings is 2. The Labute approximate surface area is 163 Å². The zero-order valence-corrected chi connectivity index (χ0v) is 16.3. The van der Waals surface area contributed by atoms with E-state index in [0.29, 0.717) is 49.5 Å². The van der Waals surface area contributed by atoms with Gasteiger partial charge in [-0.2, -0.15) is 4.31 Å². The number of carbonyl (C=O) groups is 1. The summed E-state index contributed by atoms with van der Waals surface area (Å²) in [6, 6.07) is 10.3. The molecule has 2 aliphatic rings. The molecule has 1 atom stereocenters. The molecule has 2 heterocycles. The van der Waals surface area contributed by atoms with Gasteiger partial charge in [-0.05, 0) is 37.1 Å². The standard InChI is InChI=1S/C20H21FN2O4S/c1-14(24)22-11-12-27-20-9-8-15(13-19(20)22)28(25,26)23-10-4-7-18(23)16-5-2-3-6-17(16)21/h2-3,5-6,8-9,13,18H,4,7,10-12H2,1H3/t18-/m1/s1. The third-order valence-electron chi connectivity index (χ3n) is 5.25. The van der Waals surface area contributed by atoms with Crippen molar-refractivity contribution in [2.75, 3.05) is 24.6 Å². The molecule has 6 nitrogen and oxygen atoms in total. The van der Waals surface area contributed by atoms with Crippen LogP contribution in [0.1, 0.15) is 31.4 Å². The zero-order chi connectivity index (χ0) is 19.9. The summed E-state index contributed by atoms with van der Waals surface area (Å²) in [5, 5.41) is 0. The molecule has 1 fully saturated rings. The normalized spacial score (nSPS) is 19.9. The molecule has 2 aromatic carbocycles. The Kier molecular flexibility index (Phi) is 4.84. The molecule has 28 heavy (non-hydrogen) atoms. The van der Waals surface area contributed by atoms with Crippen molar-refractivity contribution in [3.05, 3.63) is 53.8 Å². The molecular weight excluding hydrogens is 383 g/mol. The van der Waals surface area contributed by atoms with Gasteiger partial charge < -0.3 is 9.64 Å². The Morgan fingerprint density at radius 1 is 1.18 bits per heavy atom. The minimum absolute atomic E-state index is 0.0752. The summed E-state index contributed by atoms with van der Waals surface area (Å²) in [6.45, 7) is 2.49. The molecule has 0 radical (unpaired) electrons. The first-order valence-corrected chi connectivity index (χ1v) is 10.6. The summed E-state index contributed by atoms with van der Waals surface area (Å²) in [6.07, 6.45) is 1.22. The number of amides is 1. The third kappa shape index (κ3) is 3.16. The maximum absolute atomic E-state index is 14.3. The van der Waals surface area contributed by atoms with Crippen LogP contribution in [-0.4, -0.2) is 38.3 Å². The van der Waals surface area contributed by atoms with Crippen molar-refractivity contribution in [3.63, 3.8) is 0 Å². The molecule has 0 spiro atoms. The number of fused-ring (bicyclic) bond motifs is 1. The van der Waals surface area contributed by atoms with Gasteiger partial charge in [0.15, 0.2) is 0 Å². The van der Waals surface area contributed by atoms with Gasteiger partial charge >= 0.3 is 0 Å². The van der Waals surface area contributed by atoms with E-state index in [-0.39, 0.29) is 10.8 Å². The molecule has 1 amide bonds. The molecule has 8 heteroatoms. The zero-order valence-electron chi connectivity index (χ0n) is 15.5. The van der Waals surface area contributed by atoms with Crippen LogP contribution in [0.5, 0.6) is 5.75 Å². The van der Waals surface area contributed by atoms with Gasteiger partial charge in [-0.3, -0.25) is 4.79 Å². The second-order valence-corrected chi connectivity index (χ2v) is 8.83. The van der Waals surface area contributed by atoms with E-state index in [1.807, 2.05) is 0 Å². The fourth-order valence-corrected chi connectivity index (χ4v) is 5.60. The van der Waals surface area contributed by atoms with Gasteiger partial charge in [0.05, 0.1) is 23.2 Å². The lowest BCUT2D eigenvalue weighted by Gasteiger charge is -2.30. The van der Waals surface area contributed by atoms with Crippen LogP contribution in [-0.2, 0) is 14.8 Å². The van der Waals surface area contributed by atoms with Crippen LogP contribution in [0, 0.1) is 5.82 Å². The monoisotopic (exact) mass is 404 g/mol. The summed E-state index contributed by atoms with van der Waals surface area (Å²) in [4.78, 5) is 13.5. The van der Waals surface area contributed by atoms with Crippen molar-refractivity contribution < 1.29 is 22.3 Å². The van der Waals surface area contributed by atoms with Gasteiger partial charge in [0.2, 0.25) is 15.9 Å². The Balaban J connectivity index is 1.73. The minimum atomic E-state index is -3.86. The second kappa shape index (κ2) is 7.18. The molecule has 0 bridgehead atoms. The molecule has 0 aliphatic carbocycles. The van der Waals surface area contributed by atoms with Crippen LogP contribution < -0.4 is 9.64 Å². The van der Waals surface area contributed by atoms with Crippen molar-refractivity contribution in [1.29, 1.82) is 0 Å². The van der Waals surface area contributed by atoms with E-state index in [9.17, 15) is 17.6 Å². The molecule has 0 saturated carbocycles. The Morgan fingerprint density at radius 3 is 2.71 bits per heavy atom. The fourth-order valence-electron chi connectivity index (χ4n) is 3.90. The molecule has 0 aromatic heterocycles. The number of hydrogen-bond acceptors (Lipinski definition) is 4. The first-order chi connectivity index (χ1) is 13.4. The van der Waals surface area contributed by atoms with Crippen molar-refractivity contribution in [1.82, 2.24) is 4.31 Å². The van der Waals surface area contributed by atoms with Crippen molar-refractivity contribution in [2.45, 2.75) is 30.7 Å². The van der Waals surface area contributed by atoms with Gasteiger partial charge in [0, 0.05) is 19.0 Å². The molecule has 148 valence electrons. The molecule has 0 N–H and O–H groups in total. The van der Waals surface area contributed by atoms with Gasteiger partial charge in [-0.15, -0.1) is 0 Å². The minimum Gasteiger partial charge on any atom is -0.490 e. The van der Waals surface area contributed by atoms with Gasteiger partial charge in [0.25, 0.3) is 0 Å². The predicted octanol–water partition coefficient (Wildman–Crippen LogP) is 3.10. The summed E-state index contributed by atoms with van der Waals surface area (Å²) in [5.74, 6) is -0.104. The third-order valence-corrected chi connectivity index (χ3v) is 7.15. The lowest BCUT2D eigenvalue weighted by molar-refractivity contribution is -0.116. The van der Waals surface area contributed by atoms with E-state index in [1.165, 1.54) is 34.3 Å². The Morgan fingerprint density at radius 2 is 1.96 bits per heavy atom. The predicted molar refractivity (Wildman–Crippen MR) is 102 cm³/mol. The largest absolute Gasteiger partial charge is 0.490 e. The summed E-state index contributed by atoms with van der Waals surface area (Å²) < 4.78 is 47.9. The van der Waals surface area contributed by atoms with Crippen LogP contribution in [0.3, 0.4) is 0 Å². The SMILES string of the molecule is CC(=O)N1CCOc2ccc(S(=O)(=O)N3CCC[C@@H]3c3ccccc3F)cc21. The van der Waals surface area contributed by atoms with E-state index in [2.05, 4.69) is 0 Å². The summed E-state index contributed by atoms with van der Waals surface area (Å²) in [5.41, 5.74) is 0.830. The maximum atomic E-state index is 14.3. The summed E-state index contributed by atoms with van der Waals surface area (Å²) in [7, 11) is -3.86. The lowest BCUT2D eigenvalue weighted by Crippen LogP contribution is -2.37. The number of ether oxygens (including phenoxy) is 1. The Bertz CT molecular complexity index is 1020. The van der Waals surface area contributed by atoms with Crippen molar-refractivity contribution in [2.24, 2.45) is 0 Å². The number of nitrogens with zero attached hydrogens (tertiary/aromatic N) is 2. The highest BCUT2D eigenvalue weighted by atomic mass is 32.2. The van der Waals surface area contributed by atoms with Crippen LogP contribution in [0.25, 0.3) is 0 Å². The molecular formula is C20H21FN2O4S. The fraction of sp³-hybridized carbons (Fsp3) is 0.350. The van der Waals surface area contributed by atoms with Crippen LogP contribution in [0.4, 0.5) is 10.1 Å². The van der Waals surface area contributed by atoms with Gasteiger partial charge in [-0.1, -0.05) is 18.2 Å². The average molecular weight is 404 g/mol. The van der Waals surface area contributed by atoms with Gasteiger partial charge in [0.1, 0.15) is 18.2 Å². The van der Waals surface area contributed by atoms with E-state index >= 15 is 0 Å². The highest BCUT2D eigenvalue weighted by Gasteiger charge is 2.38. The number of carbonyl (C=O) groups excluding carboxylic acids is 1. The quantitative estimate of drug-likeness (QED) is 0.789. The highest BCUT2D eigenvalue weighted by molar-refractivity contribution is 7.89. The molecule has 4 rings (SSSR count). The van der Waals surface area contributed by atoms with E-state index in [0.717, 1.165) is 0 Å². The van der Waals surface area contributed by atoms with Gasteiger partial charge in [-0.25, -0.2) is 12.8 Å². The molecule has 2 aliphatic heterocycles. The number of anilines is 1. The maximum Gasteiger partial charge on any atom is 0.243 e. The second-order valence-electron chi connectivity index (χ2n) is 6.94. The van der Waals surface area contributed by atoms with Crippen molar-refractivity contribution >= 4 is 21.6 Å². The lowest BCUT2D eigenvalue weighted by atomic mass is 10.1. The van der Waals surface area contributed by atoms with Crippen molar-refractivity contribution in [3.8, 4) is 5.75 Å².